The minimum absolute atomic E-state index is 0.0743. The van der Waals surface area contributed by atoms with Crippen molar-refractivity contribution in [3.8, 4) is 0 Å². The summed E-state index contributed by atoms with van der Waals surface area (Å²) in [5.74, 6) is -0.0388. The lowest BCUT2D eigenvalue weighted by Crippen LogP contribution is -2.27. The summed E-state index contributed by atoms with van der Waals surface area (Å²) in [6, 6.07) is 6.17. The van der Waals surface area contributed by atoms with E-state index in [0.717, 1.165) is 10.5 Å². The van der Waals surface area contributed by atoms with Gasteiger partial charge in [-0.1, -0.05) is 17.7 Å². The number of benzene rings is 1. The number of nitrogens with one attached hydrogen (secondary N) is 1. The fraction of sp³-hybridized carbons (Fsp3) is 0.429. The zero-order valence-electron chi connectivity index (χ0n) is 11.5. The molecule has 1 amide bonds. The number of carbonyl (C=O) groups excluding carboxylic acids is 2. The van der Waals surface area contributed by atoms with Gasteiger partial charge < -0.3 is 10.1 Å². The van der Waals surface area contributed by atoms with Gasteiger partial charge in [-0.25, -0.2) is 0 Å². The maximum Gasteiger partial charge on any atom is 0.307 e. The Morgan fingerprint density at radius 1 is 1.32 bits per heavy atom. The maximum atomic E-state index is 11.6. The Kier molecular flexibility index (Phi) is 6.42. The molecule has 0 aliphatic rings. The molecule has 1 rings (SSSR count). The number of ether oxygens (including phenoxy) is 1. The molecule has 0 aliphatic carbocycles. The molecule has 0 spiro atoms. The highest BCUT2D eigenvalue weighted by molar-refractivity contribution is 8.00. The van der Waals surface area contributed by atoms with Crippen molar-refractivity contribution >= 4 is 23.6 Å². The zero-order chi connectivity index (χ0) is 14.3. The number of aryl methyl sites for hydroxylation is 2. The number of amides is 1. The molecule has 104 valence electrons. The van der Waals surface area contributed by atoms with Gasteiger partial charge in [0.25, 0.3) is 0 Å². The normalized spacial score (nSPS) is 10.1. The number of hydrogen-bond acceptors (Lipinski definition) is 4. The summed E-state index contributed by atoms with van der Waals surface area (Å²) in [6.45, 7) is 4.37. The Morgan fingerprint density at radius 2 is 2.05 bits per heavy atom. The van der Waals surface area contributed by atoms with Crippen LogP contribution >= 0.6 is 11.8 Å². The Balaban J connectivity index is 2.34. The van der Waals surface area contributed by atoms with E-state index in [4.69, 9.17) is 0 Å². The van der Waals surface area contributed by atoms with Crippen molar-refractivity contribution in [1.29, 1.82) is 0 Å². The van der Waals surface area contributed by atoms with Crippen molar-refractivity contribution in [3.63, 3.8) is 0 Å². The first kappa shape index (κ1) is 15.6. The Bertz CT molecular complexity index is 460. The van der Waals surface area contributed by atoms with E-state index in [-0.39, 0.29) is 18.3 Å². The molecule has 1 aromatic rings. The second-order valence-electron chi connectivity index (χ2n) is 4.23. The van der Waals surface area contributed by atoms with Crippen LogP contribution in [0.1, 0.15) is 17.5 Å². The number of carbonyl (C=O) groups is 2. The van der Waals surface area contributed by atoms with E-state index >= 15 is 0 Å². The monoisotopic (exact) mass is 281 g/mol. The lowest BCUT2D eigenvalue weighted by atomic mass is 10.2. The first-order valence-corrected chi connectivity index (χ1v) is 7.05. The van der Waals surface area contributed by atoms with E-state index in [1.807, 2.05) is 19.9 Å². The molecule has 1 N–H and O–H groups in total. The average Bonchev–Trinajstić information content (AvgIpc) is 2.39. The van der Waals surface area contributed by atoms with Crippen molar-refractivity contribution in [2.24, 2.45) is 0 Å². The molecule has 0 aromatic heterocycles. The molecule has 19 heavy (non-hydrogen) atoms. The molecule has 0 fully saturated rings. The van der Waals surface area contributed by atoms with Crippen molar-refractivity contribution < 1.29 is 14.3 Å². The van der Waals surface area contributed by atoms with Gasteiger partial charge in [0.2, 0.25) is 5.91 Å². The third kappa shape index (κ3) is 5.79. The van der Waals surface area contributed by atoms with Crippen LogP contribution in [0.2, 0.25) is 0 Å². The summed E-state index contributed by atoms with van der Waals surface area (Å²) in [6.07, 6.45) is 0.205. The highest BCUT2D eigenvalue weighted by atomic mass is 32.2. The molecule has 0 aliphatic heterocycles. The number of methoxy groups -OCH3 is 1. The van der Waals surface area contributed by atoms with Gasteiger partial charge in [0.05, 0.1) is 19.3 Å². The van der Waals surface area contributed by atoms with E-state index in [1.54, 1.807) is 0 Å². The van der Waals surface area contributed by atoms with E-state index in [0.29, 0.717) is 12.3 Å². The second kappa shape index (κ2) is 7.84. The zero-order valence-corrected chi connectivity index (χ0v) is 12.3. The maximum absolute atomic E-state index is 11.6. The van der Waals surface area contributed by atoms with E-state index in [9.17, 15) is 9.59 Å². The molecule has 0 bridgehead atoms. The summed E-state index contributed by atoms with van der Waals surface area (Å²) in [7, 11) is 1.33. The van der Waals surface area contributed by atoms with Gasteiger partial charge in [0.1, 0.15) is 0 Å². The van der Waals surface area contributed by atoms with Crippen molar-refractivity contribution in [1.82, 2.24) is 5.32 Å². The van der Waals surface area contributed by atoms with Crippen LogP contribution < -0.4 is 5.32 Å². The number of esters is 1. The van der Waals surface area contributed by atoms with E-state index in [2.05, 4.69) is 22.2 Å². The fourth-order valence-corrected chi connectivity index (χ4v) is 2.42. The first-order valence-electron chi connectivity index (χ1n) is 6.06. The van der Waals surface area contributed by atoms with Crippen LogP contribution in [-0.4, -0.2) is 31.3 Å². The molecular formula is C14H19NO3S. The lowest BCUT2D eigenvalue weighted by molar-refractivity contribution is -0.140. The largest absolute Gasteiger partial charge is 0.469 e. The lowest BCUT2D eigenvalue weighted by Gasteiger charge is -2.07. The second-order valence-corrected chi connectivity index (χ2v) is 5.25. The van der Waals surface area contributed by atoms with Crippen molar-refractivity contribution in [3.05, 3.63) is 29.3 Å². The molecule has 0 saturated heterocycles. The highest BCUT2D eigenvalue weighted by Gasteiger charge is 2.06. The van der Waals surface area contributed by atoms with E-state index in [1.165, 1.54) is 24.4 Å². The average molecular weight is 281 g/mol. The van der Waals surface area contributed by atoms with Gasteiger partial charge in [0, 0.05) is 11.4 Å². The smallest absolute Gasteiger partial charge is 0.307 e. The van der Waals surface area contributed by atoms with Crippen LogP contribution in [0.4, 0.5) is 0 Å². The third-order valence-corrected chi connectivity index (χ3v) is 3.74. The topological polar surface area (TPSA) is 55.4 Å². The summed E-state index contributed by atoms with van der Waals surface area (Å²) in [5.41, 5.74) is 2.34. The third-order valence-electron chi connectivity index (χ3n) is 2.58. The number of rotatable bonds is 6. The molecule has 0 unspecified atom stereocenters. The van der Waals surface area contributed by atoms with E-state index < -0.39 is 0 Å². The SMILES string of the molecule is COC(=O)CCNC(=O)CSc1cc(C)ccc1C. The Labute approximate surface area is 117 Å². The van der Waals surface area contributed by atoms with Crippen LogP contribution in [0, 0.1) is 13.8 Å². The predicted molar refractivity (Wildman–Crippen MR) is 76.3 cm³/mol. The van der Waals surface area contributed by atoms with Crippen molar-refractivity contribution in [2.45, 2.75) is 25.2 Å². The van der Waals surface area contributed by atoms with Gasteiger partial charge in [-0.05, 0) is 25.5 Å². The molecule has 0 radical (unpaired) electrons. The standard InChI is InChI=1S/C14H19NO3S/c1-10-4-5-11(2)12(8-10)19-9-13(16)15-7-6-14(17)18-3/h4-5,8H,6-7,9H2,1-3H3,(H,15,16). The molecule has 0 heterocycles. The molecule has 5 heteroatoms. The van der Waals surface area contributed by atoms with Gasteiger partial charge >= 0.3 is 5.97 Å². The van der Waals surface area contributed by atoms with Crippen LogP contribution in [0.25, 0.3) is 0 Å². The Hall–Kier alpha value is -1.49. The number of hydrogen-bond donors (Lipinski definition) is 1. The summed E-state index contributed by atoms with van der Waals surface area (Å²) in [4.78, 5) is 23.6. The van der Waals surface area contributed by atoms with Crippen LogP contribution in [0.15, 0.2) is 23.1 Å². The quantitative estimate of drug-likeness (QED) is 0.640. The minimum atomic E-state index is -0.317. The molecule has 0 saturated carbocycles. The summed E-state index contributed by atoms with van der Waals surface area (Å²) in [5, 5.41) is 2.69. The highest BCUT2D eigenvalue weighted by Crippen LogP contribution is 2.23. The minimum Gasteiger partial charge on any atom is -0.469 e. The molecular weight excluding hydrogens is 262 g/mol. The van der Waals surface area contributed by atoms with Crippen LogP contribution in [-0.2, 0) is 14.3 Å². The Morgan fingerprint density at radius 3 is 2.74 bits per heavy atom. The fourth-order valence-electron chi connectivity index (χ4n) is 1.46. The van der Waals surface area contributed by atoms with Crippen LogP contribution in [0.3, 0.4) is 0 Å². The summed E-state index contributed by atoms with van der Waals surface area (Å²) < 4.78 is 4.49. The summed E-state index contributed by atoms with van der Waals surface area (Å²) >= 11 is 1.51. The van der Waals surface area contributed by atoms with Gasteiger partial charge in [-0.2, -0.15) is 0 Å². The first-order chi connectivity index (χ1) is 9.02. The number of thioether (sulfide) groups is 1. The molecule has 0 atom stereocenters. The predicted octanol–water partition coefficient (Wildman–Crippen LogP) is 2.07. The molecule has 4 nitrogen and oxygen atoms in total. The van der Waals surface area contributed by atoms with Gasteiger partial charge in [-0.3, -0.25) is 9.59 Å². The van der Waals surface area contributed by atoms with Gasteiger partial charge in [-0.15, -0.1) is 11.8 Å². The van der Waals surface area contributed by atoms with Gasteiger partial charge in [0.15, 0.2) is 0 Å². The molecule has 1 aromatic carbocycles. The van der Waals surface area contributed by atoms with Crippen molar-refractivity contribution in [2.75, 3.05) is 19.4 Å². The van der Waals surface area contributed by atoms with Crippen LogP contribution in [0.5, 0.6) is 0 Å².